The summed E-state index contributed by atoms with van der Waals surface area (Å²) in [6.45, 7) is 4.80. The lowest BCUT2D eigenvalue weighted by Gasteiger charge is -2.33. The highest BCUT2D eigenvalue weighted by atomic mass is 16.5. The maximum atomic E-state index is 12.3. The largest absolute Gasteiger partial charge is 0.496 e. The van der Waals surface area contributed by atoms with E-state index >= 15 is 0 Å². The van der Waals surface area contributed by atoms with Crippen molar-refractivity contribution in [1.82, 2.24) is 10.2 Å². The van der Waals surface area contributed by atoms with Gasteiger partial charge in [-0.25, -0.2) is 0 Å². The minimum absolute atomic E-state index is 0.0167. The summed E-state index contributed by atoms with van der Waals surface area (Å²) in [7, 11) is 1.63. The van der Waals surface area contributed by atoms with Crippen molar-refractivity contribution in [2.75, 3.05) is 20.2 Å². The molecule has 5 nitrogen and oxygen atoms in total. The second-order valence-corrected chi connectivity index (χ2v) is 5.03. The van der Waals surface area contributed by atoms with Gasteiger partial charge in [0.25, 0.3) is 0 Å². The van der Waals surface area contributed by atoms with E-state index in [1.54, 1.807) is 18.9 Å². The summed E-state index contributed by atoms with van der Waals surface area (Å²) in [5.74, 6) is 0.708. The fraction of sp³-hybridized carbons (Fsp3) is 0.467. The van der Waals surface area contributed by atoms with Crippen LogP contribution in [0, 0.1) is 6.92 Å². The molecule has 1 saturated heterocycles. The smallest absolute Gasteiger partial charge is 0.242 e. The van der Waals surface area contributed by atoms with Crippen LogP contribution in [0.2, 0.25) is 0 Å². The second-order valence-electron chi connectivity index (χ2n) is 5.03. The van der Waals surface area contributed by atoms with Crippen molar-refractivity contribution in [2.24, 2.45) is 0 Å². The van der Waals surface area contributed by atoms with E-state index in [2.05, 4.69) is 5.32 Å². The molecule has 20 heavy (non-hydrogen) atoms. The van der Waals surface area contributed by atoms with E-state index < -0.39 is 6.04 Å². The van der Waals surface area contributed by atoms with Gasteiger partial charge in [-0.3, -0.25) is 9.59 Å². The van der Waals surface area contributed by atoms with Crippen LogP contribution in [0.15, 0.2) is 18.2 Å². The van der Waals surface area contributed by atoms with Gasteiger partial charge in [0.2, 0.25) is 11.8 Å². The summed E-state index contributed by atoms with van der Waals surface area (Å²) in [5, 5.41) is 2.76. The molecule has 1 heterocycles. The first-order valence-corrected chi connectivity index (χ1v) is 6.73. The van der Waals surface area contributed by atoms with Crippen LogP contribution in [0.25, 0.3) is 0 Å². The van der Waals surface area contributed by atoms with Crippen LogP contribution in [-0.2, 0) is 16.0 Å². The Hall–Kier alpha value is -2.04. The predicted octanol–water partition coefficient (Wildman–Crippen LogP) is 0.893. The zero-order valence-corrected chi connectivity index (χ0v) is 12.1. The van der Waals surface area contributed by atoms with Crippen molar-refractivity contribution in [2.45, 2.75) is 26.3 Å². The molecule has 1 N–H and O–H groups in total. The van der Waals surface area contributed by atoms with E-state index in [1.165, 1.54) is 0 Å². The van der Waals surface area contributed by atoms with Crippen LogP contribution >= 0.6 is 0 Å². The molecule has 5 heteroatoms. The summed E-state index contributed by atoms with van der Waals surface area (Å²) in [4.78, 5) is 25.5. The van der Waals surface area contributed by atoms with Gasteiger partial charge in [0, 0.05) is 13.1 Å². The Balaban J connectivity index is 2.07. The number of aryl methyl sites for hydroxylation is 1. The number of carbonyl (C=O) groups excluding carboxylic acids is 2. The van der Waals surface area contributed by atoms with Crippen LogP contribution in [0.1, 0.15) is 18.1 Å². The Morgan fingerprint density at radius 2 is 2.25 bits per heavy atom. The summed E-state index contributed by atoms with van der Waals surface area (Å²) in [6.07, 6.45) is 0.308. The maximum absolute atomic E-state index is 12.3. The minimum atomic E-state index is -0.393. The second kappa shape index (κ2) is 5.94. The third-order valence-electron chi connectivity index (χ3n) is 3.63. The van der Waals surface area contributed by atoms with E-state index in [9.17, 15) is 9.59 Å². The summed E-state index contributed by atoms with van der Waals surface area (Å²) >= 11 is 0. The molecule has 1 aliphatic heterocycles. The highest BCUT2D eigenvalue weighted by molar-refractivity contribution is 5.89. The lowest BCUT2D eigenvalue weighted by molar-refractivity contribution is -0.142. The molecule has 1 fully saturated rings. The van der Waals surface area contributed by atoms with Crippen LogP contribution in [0.4, 0.5) is 0 Å². The van der Waals surface area contributed by atoms with Crippen molar-refractivity contribution in [3.05, 3.63) is 29.3 Å². The van der Waals surface area contributed by atoms with Crippen molar-refractivity contribution in [3.63, 3.8) is 0 Å². The zero-order chi connectivity index (χ0) is 14.7. The Morgan fingerprint density at radius 1 is 1.50 bits per heavy atom. The van der Waals surface area contributed by atoms with Gasteiger partial charge in [0.15, 0.2) is 0 Å². The van der Waals surface area contributed by atoms with E-state index in [-0.39, 0.29) is 11.8 Å². The first kappa shape index (κ1) is 14.4. The van der Waals surface area contributed by atoms with Gasteiger partial charge < -0.3 is 15.0 Å². The molecule has 0 bridgehead atoms. The van der Waals surface area contributed by atoms with E-state index in [4.69, 9.17) is 4.74 Å². The molecule has 0 aliphatic carbocycles. The van der Waals surface area contributed by atoms with Gasteiger partial charge in [-0.15, -0.1) is 0 Å². The molecular weight excluding hydrogens is 256 g/mol. The molecular formula is C15H20N2O3. The first-order chi connectivity index (χ1) is 9.52. The average molecular weight is 276 g/mol. The topological polar surface area (TPSA) is 58.6 Å². The number of hydrogen-bond donors (Lipinski definition) is 1. The third-order valence-corrected chi connectivity index (χ3v) is 3.63. The van der Waals surface area contributed by atoms with E-state index in [1.807, 2.05) is 25.1 Å². The number of methoxy groups -OCH3 is 1. The summed E-state index contributed by atoms with van der Waals surface area (Å²) in [5.41, 5.74) is 1.94. The quantitative estimate of drug-likeness (QED) is 0.892. The highest BCUT2D eigenvalue weighted by Gasteiger charge is 2.28. The summed E-state index contributed by atoms with van der Waals surface area (Å²) < 4.78 is 5.20. The van der Waals surface area contributed by atoms with Gasteiger partial charge in [0.05, 0.1) is 13.5 Å². The fourth-order valence-electron chi connectivity index (χ4n) is 2.45. The van der Waals surface area contributed by atoms with Gasteiger partial charge in [-0.05, 0) is 31.0 Å². The van der Waals surface area contributed by atoms with Gasteiger partial charge in [0.1, 0.15) is 11.8 Å². The number of carbonyl (C=O) groups is 2. The number of rotatable bonds is 3. The van der Waals surface area contributed by atoms with Crippen LogP contribution in [-0.4, -0.2) is 43.0 Å². The molecule has 1 aliphatic rings. The molecule has 0 radical (unpaired) electrons. The Morgan fingerprint density at radius 3 is 2.90 bits per heavy atom. The average Bonchev–Trinajstić information content (AvgIpc) is 2.42. The molecule has 1 aromatic carbocycles. The number of piperazine rings is 1. The lowest BCUT2D eigenvalue weighted by Crippen LogP contribution is -2.56. The van der Waals surface area contributed by atoms with Gasteiger partial charge >= 0.3 is 0 Å². The van der Waals surface area contributed by atoms with E-state index in [0.717, 1.165) is 16.9 Å². The fourth-order valence-corrected chi connectivity index (χ4v) is 2.45. The van der Waals surface area contributed by atoms with Crippen molar-refractivity contribution < 1.29 is 14.3 Å². The third kappa shape index (κ3) is 2.92. The monoisotopic (exact) mass is 276 g/mol. The first-order valence-electron chi connectivity index (χ1n) is 6.73. The molecule has 108 valence electrons. The minimum Gasteiger partial charge on any atom is -0.496 e. The number of ether oxygens (including phenoxy) is 1. The standard InChI is InChI=1S/C15H20N2O3/c1-10-8-12(4-5-13(10)20-3)9-14(18)17-7-6-16-15(19)11(17)2/h4-5,8,11H,6-7,9H2,1-3H3,(H,16,19)/t11-/m0/s1. The van der Waals surface area contributed by atoms with Crippen LogP contribution in [0.5, 0.6) is 5.75 Å². The predicted molar refractivity (Wildman–Crippen MR) is 75.6 cm³/mol. The number of nitrogens with zero attached hydrogens (tertiary/aromatic N) is 1. The van der Waals surface area contributed by atoms with E-state index in [0.29, 0.717) is 19.5 Å². The molecule has 2 rings (SSSR count). The Kier molecular flexibility index (Phi) is 4.27. The SMILES string of the molecule is COc1ccc(CC(=O)N2CCNC(=O)[C@@H]2C)cc1C. The molecule has 0 aromatic heterocycles. The van der Waals surface area contributed by atoms with Crippen molar-refractivity contribution in [3.8, 4) is 5.75 Å². The van der Waals surface area contributed by atoms with Gasteiger partial charge in [-0.1, -0.05) is 12.1 Å². The number of nitrogens with one attached hydrogen (secondary N) is 1. The molecule has 0 saturated carbocycles. The van der Waals surface area contributed by atoms with Crippen LogP contribution in [0.3, 0.4) is 0 Å². The molecule has 0 unspecified atom stereocenters. The van der Waals surface area contributed by atoms with Crippen molar-refractivity contribution >= 4 is 11.8 Å². The normalized spacial score (nSPS) is 18.6. The highest BCUT2D eigenvalue weighted by Crippen LogP contribution is 2.19. The Labute approximate surface area is 118 Å². The lowest BCUT2D eigenvalue weighted by atomic mass is 10.1. The molecule has 0 spiro atoms. The number of amides is 2. The Bertz CT molecular complexity index is 528. The molecule has 1 aromatic rings. The zero-order valence-electron chi connectivity index (χ0n) is 12.1. The summed E-state index contributed by atoms with van der Waals surface area (Å²) in [6, 6.07) is 5.31. The van der Waals surface area contributed by atoms with Gasteiger partial charge in [-0.2, -0.15) is 0 Å². The van der Waals surface area contributed by atoms with Crippen molar-refractivity contribution in [1.29, 1.82) is 0 Å². The number of benzene rings is 1. The number of hydrogen-bond acceptors (Lipinski definition) is 3. The van der Waals surface area contributed by atoms with Crippen LogP contribution < -0.4 is 10.1 Å². The maximum Gasteiger partial charge on any atom is 0.242 e. The molecule has 2 amide bonds. The molecule has 1 atom stereocenters.